The van der Waals surface area contributed by atoms with Crippen molar-refractivity contribution in [2.24, 2.45) is 0 Å². The Labute approximate surface area is 114 Å². The highest BCUT2D eigenvalue weighted by Crippen LogP contribution is 2.22. The molecule has 1 rings (SSSR count). The number of carboxylic acids is 1. The summed E-state index contributed by atoms with van der Waals surface area (Å²) in [5.41, 5.74) is 0.0966. The van der Waals surface area contributed by atoms with Crippen molar-refractivity contribution in [1.29, 1.82) is 0 Å². The number of hydrogen-bond acceptors (Lipinski definition) is 5. The van der Waals surface area contributed by atoms with E-state index in [1.807, 2.05) is 0 Å². The molecule has 19 heavy (non-hydrogen) atoms. The average Bonchev–Trinajstić information content (AvgIpc) is 2.38. The Morgan fingerprint density at radius 3 is 2.89 bits per heavy atom. The van der Waals surface area contributed by atoms with Gasteiger partial charge in [0, 0.05) is 24.4 Å². The van der Waals surface area contributed by atoms with Crippen LogP contribution < -0.4 is 5.32 Å². The fourth-order valence-electron chi connectivity index (χ4n) is 1.37. The summed E-state index contributed by atoms with van der Waals surface area (Å²) in [5.74, 6) is 2.60. The van der Waals surface area contributed by atoms with Gasteiger partial charge in [0.2, 0.25) is 0 Å². The standard InChI is InChI=1S/C12H12N2O4S/c1-2-6-19-7-5-13-11-8-9(14(17)18)3-4-10(11)12(15)16/h1,3-4,8,13H,5-7H2,(H,15,16). The van der Waals surface area contributed by atoms with Crippen LogP contribution in [0.4, 0.5) is 11.4 Å². The van der Waals surface area contributed by atoms with E-state index in [0.29, 0.717) is 18.1 Å². The summed E-state index contributed by atoms with van der Waals surface area (Å²) in [7, 11) is 0. The number of benzene rings is 1. The van der Waals surface area contributed by atoms with Crippen molar-refractivity contribution < 1.29 is 14.8 Å². The Bertz CT molecular complexity index is 525. The third-order valence-electron chi connectivity index (χ3n) is 2.19. The van der Waals surface area contributed by atoms with Crippen LogP contribution >= 0.6 is 11.8 Å². The van der Waals surface area contributed by atoms with Crippen LogP contribution in [0.2, 0.25) is 0 Å². The highest BCUT2D eigenvalue weighted by Gasteiger charge is 2.14. The maximum atomic E-state index is 11.0. The predicted octanol–water partition coefficient (Wildman–Crippen LogP) is 2.07. The van der Waals surface area contributed by atoms with Crippen molar-refractivity contribution in [3.05, 3.63) is 33.9 Å². The van der Waals surface area contributed by atoms with E-state index in [1.54, 1.807) is 0 Å². The zero-order valence-electron chi connectivity index (χ0n) is 9.96. The van der Waals surface area contributed by atoms with Gasteiger partial charge in [-0.2, -0.15) is 0 Å². The summed E-state index contributed by atoms with van der Waals surface area (Å²) in [5, 5.41) is 22.5. The lowest BCUT2D eigenvalue weighted by Crippen LogP contribution is -2.10. The number of nitro benzene ring substituents is 1. The van der Waals surface area contributed by atoms with Crippen LogP contribution in [0.5, 0.6) is 0 Å². The molecule has 2 N–H and O–H groups in total. The summed E-state index contributed by atoms with van der Waals surface area (Å²) in [6.07, 6.45) is 5.09. The second-order valence-electron chi connectivity index (χ2n) is 3.48. The van der Waals surface area contributed by atoms with Crippen LogP contribution in [0, 0.1) is 22.5 Å². The van der Waals surface area contributed by atoms with Gasteiger partial charge in [0.15, 0.2) is 0 Å². The van der Waals surface area contributed by atoms with Crippen molar-refractivity contribution in [2.45, 2.75) is 0 Å². The molecule has 0 atom stereocenters. The first kappa shape index (κ1) is 14.9. The van der Waals surface area contributed by atoms with Gasteiger partial charge in [0.05, 0.1) is 21.9 Å². The summed E-state index contributed by atoms with van der Waals surface area (Å²) >= 11 is 1.52. The number of anilines is 1. The Morgan fingerprint density at radius 1 is 1.58 bits per heavy atom. The molecule has 0 spiro atoms. The molecule has 0 heterocycles. The van der Waals surface area contributed by atoms with E-state index in [4.69, 9.17) is 11.5 Å². The zero-order valence-corrected chi connectivity index (χ0v) is 10.8. The first-order valence-corrected chi connectivity index (χ1v) is 6.48. The van der Waals surface area contributed by atoms with Crippen molar-refractivity contribution in [2.75, 3.05) is 23.4 Å². The first-order valence-electron chi connectivity index (χ1n) is 5.33. The Kier molecular flexibility index (Phi) is 5.70. The lowest BCUT2D eigenvalue weighted by atomic mass is 10.1. The van der Waals surface area contributed by atoms with Crippen molar-refractivity contribution in [3.63, 3.8) is 0 Å². The molecule has 0 bridgehead atoms. The fraction of sp³-hybridized carbons (Fsp3) is 0.250. The number of hydrogen-bond donors (Lipinski definition) is 2. The molecule has 0 fully saturated rings. The first-order chi connectivity index (χ1) is 9.06. The summed E-state index contributed by atoms with van der Waals surface area (Å²) in [4.78, 5) is 21.1. The molecule has 0 radical (unpaired) electrons. The number of non-ortho nitro benzene ring substituents is 1. The molecule has 0 saturated carbocycles. The van der Waals surface area contributed by atoms with Gasteiger partial charge in [-0.25, -0.2) is 4.79 Å². The van der Waals surface area contributed by atoms with Crippen LogP contribution in [-0.2, 0) is 0 Å². The van der Waals surface area contributed by atoms with E-state index in [9.17, 15) is 14.9 Å². The third-order valence-corrected chi connectivity index (χ3v) is 3.06. The van der Waals surface area contributed by atoms with E-state index in [2.05, 4.69) is 11.2 Å². The van der Waals surface area contributed by atoms with Gasteiger partial charge in [-0.05, 0) is 6.07 Å². The van der Waals surface area contributed by atoms with Gasteiger partial charge in [0.25, 0.3) is 5.69 Å². The number of nitrogens with one attached hydrogen (secondary N) is 1. The van der Waals surface area contributed by atoms with Crippen LogP contribution in [0.1, 0.15) is 10.4 Å². The van der Waals surface area contributed by atoms with E-state index in [0.717, 1.165) is 0 Å². The second-order valence-corrected chi connectivity index (χ2v) is 4.58. The lowest BCUT2D eigenvalue weighted by molar-refractivity contribution is -0.384. The number of thioether (sulfide) groups is 1. The van der Waals surface area contributed by atoms with E-state index < -0.39 is 10.9 Å². The molecule has 0 aliphatic rings. The Balaban J connectivity index is 2.78. The SMILES string of the molecule is C#CCSCCNc1cc([N+](=O)[O-])ccc1C(=O)O. The topological polar surface area (TPSA) is 92.5 Å². The minimum Gasteiger partial charge on any atom is -0.478 e. The van der Waals surface area contributed by atoms with Gasteiger partial charge < -0.3 is 10.4 Å². The number of carboxylic acid groups (broad SMARTS) is 1. The smallest absolute Gasteiger partial charge is 0.337 e. The molecule has 0 amide bonds. The monoisotopic (exact) mass is 280 g/mol. The average molecular weight is 280 g/mol. The maximum absolute atomic E-state index is 11.0. The number of aromatic carboxylic acids is 1. The molecule has 6 nitrogen and oxygen atoms in total. The zero-order chi connectivity index (χ0) is 14.3. The minimum atomic E-state index is -1.13. The van der Waals surface area contributed by atoms with E-state index >= 15 is 0 Å². The highest BCUT2D eigenvalue weighted by atomic mass is 32.2. The molecule has 0 aliphatic heterocycles. The predicted molar refractivity (Wildman–Crippen MR) is 74.7 cm³/mol. The Hall–Kier alpha value is -2.20. The Morgan fingerprint density at radius 2 is 2.32 bits per heavy atom. The maximum Gasteiger partial charge on any atom is 0.337 e. The number of nitro groups is 1. The summed E-state index contributed by atoms with van der Waals surface area (Å²) in [6, 6.07) is 3.61. The molecule has 0 unspecified atom stereocenters. The van der Waals surface area contributed by atoms with Crippen molar-refractivity contribution >= 4 is 29.1 Å². The van der Waals surface area contributed by atoms with Crippen LogP contribution in [0.25, 0.3) is 0 Å². The lowest BCUT2D eigenvalue weighted by Gasteiger charge is -2.08. The van der Waals surface area contributed by atoms with E-state index in [-0.39, 0.29) is 16.9 Å². The fourth-order valence-corrected chi connectivity index (χ4v) is 1.88. The van der Waals surface area contributed by atoms with Crippen LogP contribution in [-0.4, -0.2) is 34.0 Å². The molecule has 100 valence electrons. The molecule has 0 aliphatic carbocycles. The largest absolute Gasteiger partial charge is 0.478 e. The molecule has 0 saturated heterocycles. The highest BCUT2D eigenvalue weighted by molar-refractivity contribution is 7.99. The van der Waals surface area contributed by atoms with Gasteiger partial charge in [-0.1, -0.05) is 5.92 Å². The molecule has 7 heteroatoms. The number of nitrogens with zero attached hydrogens (tertiary/aromatic N) is 1. The number of rotatable bonds is 7. The molecule has 1 aromatic carbocycles. The molecular weight excluding hydrogens is 268 g/mol. The van der Waals surface area contributed by atoms with Gasteiger partial charge in [-0.15, -0.1) is 18.2 Å². The van der Waals surface area contributed by atoms with E-state index in [1.165, 1.54) is 30.0 Å². The molecule has 1 aromatic rings. The van der Waals surface area contributed by atoms with Crippen LogP contribution in [0.3, 0.4) is 0 Å². The van der Waals surface area contributed by atoms with Gasteiger partial charge in [-0.3, -0.25) is 10.1 Å². The molecular formula is C12H12N2O4S. The number of terminal acetylenes is 1. The minimum absolute atomic E-state index is 0.00699. The quantitative estimate of drug-likeness (QED) is 0.344. The van der Waals surface area contributed by atoms with Crippen molar-refractivity contribution in [1.82, 2.24) is 0 Å². The summed E-state index contributed by atoms with van der Waals surface area (Å²) in [6.45, 7) is 0.480. The van der Waals surface area contributed by atoms with Crippen LogP contribution in [0.15, 0.2) is 18.2 Å². The summed E-state index contributed by atoms with van der Waals surface area (Å²) < 4.78 is 0. The third kappa shape index (κ3) is 4.52. The van der Waals surface area contributed by atoms with Gasteiger partial charge >= 0.3 is 5.97 Å². The normalized spacial score (nSPS) is 9.63. The number of carbonyl (C=O) groups is 1. The van der Waals surface area contributed by atoms with Crippen molar-refractivity contribution in [3.8, 4) is 12.3 Å². The van der Waals surface area contributed by atoms with Gasteiger partial charge in [0.1, 0.15) is 0 Å². The second kappa shape index (κ2) is 7.28. The molecule has 0 aromatic heterocycles.